The highest BCUT2D eigenvalue weighted by Crippen LogP contribution is 2.36. The quantitative estimate of drug-likeness (QED) is 0.749. The number of rotatable bonds is 7. The smallest absolute Gasteiger partial charge is 0.317 e. The predicted molar refractivity (Wildman–Crippen MR) is 82.3 cm³/mol. The molecule has 1 aliphatic carbocycles. The van der Waals surface area contributed by atoms with E-state index in [1.807, 2.05) is 27.9 Å². The molecule has 0 aliphatic heterocycles. The summed E-state index contributed by atoms with van der Waals surface area (Å²) < 4.78 is 0. The standard InChI is InChI=1S/C15H29N3O3/c1-11(2)12(9-13(19)20)16-14(21)18(5)10-15(17(3)4)7-6-8-15/h11-12H,6-10H2,1-5H3,(H,16,21)(H,19,20). The van der Waals surface area contributed by atoms with Gasteiger partial charge in [0.2, 0.25) is 0 Å². The third-order valence-electron chi connectivity index (χ3n) is 4.62. The lowest BCUT2D eigenvalue weighted by Gasteiger charge is -2.49. The van der Waals surface area contributed by atoms with Crippen molar-refractivity contribution < 1.29 is 14.7 Å². The summed E-state index contributed by atoms with van der Waals surface area (Å²) in [6.45, 7) is 4.51. The number of carboxylic acid groups (broad SMARTS) is 1. The van der Waals surface area contributed by atoms with Gasteiger partial charge in [-0.2, -0.15) is 0 Å². The summed E-state index contributed by atoms with van der Waals surface area (Å²) in [5.41, 5.74) is 0.0756. The molecule has 6 nitrogen and oxygen atoms in total. The Hall–Kier alpha value is -1.30. The van der Waals surface area contributed by atoms with Crippen LogP contribution in [0.15, 0.2) is 0 Å². The van der Waals surface area contributed by atoms with Crippen LogP contribution in [0.3, 0.4) is 0 Å². The predicted octanol–water partition coefficient (Wildman–Crippen LogP) is 1.61. The fourth-order valence-electron chi connectivity index (χ4n) is 2.76. The highest BCUT2D eigenvalue weighted by atomic mass is 16.4. The van der Waals surface area contributed by atoms with E-state index in [1.165, 1.54) is 6.42 Å². The van der Waals surface area contributed by atoms with E-state index in [0.717, 1.165) is 12.8 Å². The van der Waals surface area contributed by atoms with E-state index in [9.17, 15) is 9.59 Å². The molecule has 0 spiro atoms. The molecule has 1 rings (SSSR count). The molecule has 0 saturated heterocycles. The number of carbonyl (C=O) groups is 2. The van der Waals surface area contributed by atoms with Gasteiger partial charge >= 0.3 is 12.0 Å². The molecule has 0 aromatic rings. The minimum atomic E-state index is -0.889. The Morgan fingerprint density at radius 3 is 2.14 bits per heavy atom. The Morgan fingerprint density at radius 2 is 1.81 bits per heavy atom. The minimum Gasteiger partial charge on any atom is -0.481 e. The molecular formula is C15H29N3O3. The van der Waals surface area contributed by atoms with Gasteiger partial charge in [-0.1, -0.05) is 13.8 Å². The number of nitrogens with zero attached hydrogens (tertiary/aromatic N) is 2. The number of urea groups is 1. The second-order valence-electron chi connectivity index (χ2n) is 6.73. The number of carbonyl (C=O) groups excluding carboxylic acids is 1. The Balaban J connectivity index is 2.59. The zero-order chi connectivity index (χ0) is 16.2. The molecule has 21 heavy (non-hydrogen) atoms. The second-order valence-corrected chi connectivity index (χ2v) is 6.73. The maximum Gasteiger partial charge on any atom is 0.317 e. The summed E-state index contributed by atoms with van der Waals surface area (Å²) >= 11 is 0. The van der Waals surface area contributed by atoms with Crippen molar-refractivity contribution >= 4 is 12.0 Å². The molecule has 2 N–H and O–H groups in total. The van der Waals surface area contributed by atoms with Gasteiger partial charge in [-0.25, -0.2) is 4.79 Å². The molecule has 0 aromatic heterocycles. The Bertz CT molecular complexity index is 378. The van der Waals surface area contributed by atoms with Crippen LogP contribution < -0.4 is 5.32 Å². The van der Waals surface area contributed by atoms with Gasteiger partial charge in [-0.15, -0.1) is 0 Å². The van der Waals surface area contributed by atoms with Crippen LogP contribution in [-0.4, -0.2) is 66.2 Å². The van der Waals surface area contributed by atoms with Gasteiger partial charge in [0.25, 0.3) is 0 Å². The van der Waals surface area contributed by atoms with E-state index in [-0.39, 0.29) is 30.0 Å². The molecule has 1 fully saturated rings. The maximum absolute atomic E-state index is 12.3. The molecule has 1 saturated carbocycles. The maximum atomic E-state index is 12.3. The number of nitrogens with one attached hydrogen (secondary N) is 1. The van der Waals surface area contributed by atoms with E-state index in [0.29, 0.717) is 6.54 Å². The van der Waals surface area contributed by atoms with Crippen LogP contribution in [0.4, 0.5) is 4.79 Å². The van der Waals surface area contributed by atoms with Gasteiger partial charge < -0.3 is 20.2 Å². The molecule has 0 radical (unpaired) electrons. The number of hydrogen-bond donors (Lipinski definition) is 2. The average molecular weight is 299 g/mol. The topological polar surface area (TPSA) is 72.9 Å². The third-order valence-corrected chi connectivity index (χ3v) is 4.62. The molecule has 0 heterocycles. The SMILES string of the molecule is CC(C)C(CC(=O)O)NC(=O)N(C)CC1(N(C)C)CCC1. The molecule has 1 aliphatic rings. The first-order chi connectivity index (χ1) is 9.68. The van der Waals surface area contributed by atoms with E-state index in [4.69, 9.17) is 5.11 Å². The van der Waals surface area contributed by atoms with Crippen molar-refractivity contribution in [1.29, 1.82) is 0 Å². The highest BCUT2D eigenvalue weighted by Gasteiger charge is 2.40. The van der Waals surface area contributed by atoms with Gasteiger partial charge in [-0.3, -0.25) is 4.79 Å². The lowest BCUT2D eigenvalue weighted by atomic mass is 9.75. The van der Waals surface area contributed by atoms with Gasteiger partial charge in [0.15, 0.2) is 0 Å². The van der Waals surface area contributed by atoms with Crippen LogP contribution in [0.1, 0.15) is 39.5 Å². The number of carboxylic acids is 1. The largest absolute Gasteiger partial charge is 0.481 e. The summed E-state index contributed by atoms with van der Waals surface area (Å²) in [6, 6.07) is -0.530. The zero-order valence-electron chi connectivity index (χ0n) is 13.8. The third kappa shape index (κ3) is 4.59. The van der Waals surface area contributed by atoms with Crippen LogP contribution in [0.25, 0.3) is 0 Å². The molecule has 6 heteroatoms. The molecular weight excluding hydrogens is 270 g/mol. The lowest BCUT2D eigenvalue weighted by Crippen LogP contribution is -2.59. The van der Waals surface area contributed by atoms with Crippen molar-refractivity contribution in [2.24, 2.45) is 5.92 Å². The van der Waals surface area contributed by atoms with Gasteiger partial charge in [-0.05, 0) is 39.3 Å². The molecule has 2 amide bonds. The van der Waals surface area contributed by atoms with Gasteiger partial charge in [0.1, 0.15) is 0 Å². The van der Waals surface area contributed by atoms with Crippen LogP contribution in [0, 0.1) is 5.92 Å². The van der Waals surface area contributed by atoms with Crippen molar-refractivity contribution in [1.82, 2.24) is 15.1 Å². The van der Waals surface area contributed by atoms with Crippen LogP contribution in [0.2, 0.25) is 0 Å². The van der Waals surface area contributed by atoms with E-state index >= 15 is 0 Å². The van der Waals surface area contributed by atoms with Crippen LogP contribution in [-0.2, 0) is 4.79 Å². The van der Waals surface area contributed by atoms with Crippen LogP contribution in [0.5, 0.6) is 0 Å². The van der Waals surface area contributed by atoms with Gasteiger partial charge in [0.05, 0.1) is 6.42 Å². The van der Waals surface area contributed by atoms with Crippen molar-refractivity contribution in [2.75, 3.05) is 27.7 Å². The van der Waals surface area contributed by atoms with Gasteiger partial charge in [0, 0.05) is 25.2 Å². The van der Waals surface area contributed by atoms with Crippen molar-refractivity contribution in [3.8, 4) is 0 Å². The number of likely N-dealkylation sites (N-methyl/N-ethyl adjacent to an activating group) is 2. The normalized spacial score (nSPS) is 18.2. The van der Waals surface area contributed by atoms with Crippen molar-refractivity contribution in [2.45, 2.75) is 51.1 Å². The molecule has 0 bridgehead atoms. The molecule has 122 valence electrons. The summed E-state index contributed by atoms with van der Waals surface area (Å²) in [6.07, 6.45) is 3.35. The Morgan fingerprint density at radius 1 is 1.24 bits per heavy atom. The van der Waals surface area contributed by atoms with Crippen LogP contribution >= 0.6 is 0 Å². The molecule has 1 atom stereocenters. The first-order valence-corrected chi connectivity index (χ1v) is 7.59. The zero-order valence-corrected chi connectivity index (χ0v) is 13.8. The summed E-state index contributed by atoms with van der Waals surface area (Å²) in [7, 11) is 5.87. The number of aliphatic carboxylic acids is 1. The summed E-state index contributed by atoms with van der Waals surface area (Å²) in [5, 5.41) is 11.8. The first kappa shape index (κ1) is 17.8. The van der Waals surface area contributed by atoms with E-state index in [1.54, 1.807) is 11.9 Å². The minimum absolute atomic E-state index is 0.0456. The number of hydrogen-bond acceptors (Lipinski definition) is 3. The summed E-state index contributed by atoms with van der Waals surface area (Å²) in [5.74, 6) is -0.801. The number of amides is 2. The highest BCUT2D eigenvalue weighted by molar-refractivity contribution is 5.75. The van der Waals surface area contributed by atoms with Crippen molar-refractivity contribution in [3.05, 3.63) is 0 Å². The monoisotopic (exact) mass is 299 g/mol. The first-order valence-electron chi connectivity index (χ1n) is 7.59. The second kappa shape index (κ2) is 7.11. The van der Waals surface area contributed by atoms with Crippen molar-refractivity contribution in [3.63, 3.8) is 0 Å². The Kier molecular flexibility index (Phi) is 6.01. The average Bonchev–Trinajstić information content (AvgIpc) is 2.31. The van der Waals surface area contributed by atoms with E-state index in [2.05, 4.69) is 10.2 Å². The lowest BCUT2D eigenvalue weighted by molar-refractivity contribution is -0.137. The molecule has 1 unspecified atom stereocenters. The fourth-order valence-corrected chi connectivity index (χ4v) is 2.76. The van der Waals surface area contributed by atoms with E-state index < -0.39 is 5.97 Å². The summed E-state index contributed by atoms with van der Waals surface area (Å²) in [4.78, 5) is 27.0. The Labute approximate surface area is 127 Å². The fraction of sp³-hybridized carbons (Fsp3) is 0.867. The molecule has 0 aromatic carbocycles.